The van der Waals surface area contributed by atoms with Crippen LogP contribution < -0.4 is 14.4 Å². The molecule has 4 aliphatic heterocycles. The number of halogens is 6. The molecule has 14 heteroatoms. The van der Waals surface area contributed by atoms with Gasteiger partial charge in [0.2, 0.25) is 0 Å². The van der Waals surface area contributed by atoms with Gasteiger partial charge >= 0.3 is 6.01 Å². The number of nitrogens with zero attached hydrogens (tertiary/aromatic N) is 5. The first kappa shape index (κ1) is 29.0. The van der Waals surface area contributed by atoms with Crippen LogP contribution in [0.25, 0.3) is 32.1 Å². The van der Waals surface area contributed by atoms with Crippen LogP contribution in [-0.2, 0) is 0 Å². The lowest BCUT2D eigenvalue weighted by Gasteiger charge is -2.31. The predicted octanol–water partition coefficient (Wildman–Crippen LogP) is 7.18. The SMILES string of the molecule is Cc1sc2c(F)ccc(-c3c(Cl)c4c5c(nc(OC[C@@]67CCCN6C[C@H](F)C7)nc5c3F)N3CC(F)(F)C[C@H]3CO4)c2c1C#N. The van der Waals surface area contributed by atoms with E-state index in [1.54, 1.807) is 6.92 Å². The molecule has 7 nitrogen and oxygen atoms in total. The Kier molecular flexibility index (Phi) is 6.45. The minimum absolute atomic E-state index is 0.000868. The van der Waals surface area contributed by atoms with E-state index in [1.807, 2.05) is 4.90 Å². The summed E-state index contributed by atoms with van der Waals surface area (Å²) in [5.41, 5.74) is -0.657. The third kappa shape index (κ3) is 4.28. The number of rotatable bonds is 4. The van der Waals surface area contributed by atoms with E-state index in [0.717, 1.165) is 24.3 Å². The number of fused-ring (bicyclic) bond motifs is 4. The van der Waals surface area contributed by atoms with Gasteiger partial charge in [-0.25, -0.2) is 22.0 Å². The van der Waals surface area contributed by atoms with E-state index >= 15 is 4.39 Å². The molecule has 0 bridgehead atoms. The molecule has 0 aliphatic carbocycles. The highest BCUT2D eigenvalue weighted by Crippen LogP contribution is 2.52. The maximum absolute atomic E-state index is 16.9. The summed E-state index contributed by atoms with van der Waals surface area (Å²) in [6.45, 7) is 1.89. The summed E-state index contributed by atoms with van der Waals surface area (Å²) in [6.07, 6.45) is 0.353. The monoisotopic (exact) mass is 661 g/mol. The van der Waals surface area contributed by atoms with Gasteiger partial charge in [-0.1, -0.05) is 17.7 Å². The molecule has 3 fully saturated rings. The molecule has 6 heterocycles. The molecular formula is C31H25ClF5N5O2S. The van der Waals surface area contributed by atoms with Gasteiger partial charge in [0.25, 0.3) is 5.92 Å². The zero-order valence-electron chi connectivity index (χ0n) is 23.9. The van der Waals surface area contributed by atoms with Crippen molar-refractivity contribution < 1.29 is 31.4 Å². The summed E-state index contributed by atoms with van der Waals surface area (Å²) >= 11 is 7.96. The molecule has 45 heavy (non-hydrogen) atoms. The summed E-state index contributed by atoms with van der Waals surface area (Å²) in [7, 11) is 0. The van der Waals surface area contributed by atoms with E-state index in [-0.39, 0.29) is 79.9 Å². The number of nitriles is 1. The third-order valence-corrected chi connectivity index (χ3v) is 11.1. The minimum Gasteiger partial charge on any atom is -0.489 e. The van der Waals surface area contributed by atoms with Crippen LogP contribution in [0.5, 0.6) is 11.8 Å². The van der Waals surface area contributed by atoms with E-state index in [9.17, 15) is 22.8 Å². The molecule has 4 aromatic rings. The fraction of sp³-hybridized carbons (Fsp3) is 0.452. The standard InChI is InChI=1S/C31H25ClF5N5O2S/c1-14-18(9-38)20-17(3-4-19(34)27(20)45-14)21-23(32)26-22-25(24(21)35)39-29(44-13-30-5-2-6-41(30)10-15(33)7-30)40-28(22)42-12-31(36,37)8-16(42)11-43-26/h3-4,15-16H,2,5-8,10-13H2,1H3/t15-,16+,30+/m1/s1. The lowest BCUT2D eigenvalue weighted by atomic mass is 9.95. The Morgan fingerprint density at radius 2 is 2.04 bits per heavy atom. The molecular weight excluding hydrogens is 637 g/mol. The molecule has 3 saturated heterocycles. The van der Waals surface area contributed by atoms with Crippen LogP contribution in [0.15, 0.2) is 12.1 Å². The number of aryl methyl sites for hydroxylation is 1. The Balaban J connectivity index is 1.35. The average molecular weight is 662 g/mol. The van der Waals surface area contributed by atoms with Crippen molar-refractivity contribution in [1.82, 2.24) is 14.9 Å². The minimum atomic E-state index is -3.04. The number of hydrogen-bond acceptors (Lipinski definition) is 8. The highest BCUT2D eigenvalue weighted by molar-refractivity contribution is 7.19. The molecule has 234 valence electrons. The Morgan fingerprint density at radius 3 is 2.84 bits per heavy atom. The first-order valence-corrected chi connectivity index (χ1v) is 15.8. The van der Waals surface area contributed by atoms with Crippen molar-refractivity contribution in [3.05, 3.63) is 39.2 Å². The topological polar surface area (TPSA) is 74.5 Å². The van der Waals surface area contributed by atoms with Gasteiger partial charge in [-0.15, -0.1) is 11.3 Å². The van der Waals surface area contributed by atoms with E-state index in [2.05, 4.69) is 16.0 Å². The van der Waals surface area contributed by atoms with Gasteiger partial charge < -0.3 is 14.4 Å². The number of alkyl halides is 3. The molecule has 0 unspecified atom stereocenters. The van der Waals surface area contributed by atoms with Crippen LogP contribution in [0.3, 0.4) is 0 Å². The molecule has 2 aromatic heterocycles. The summed E-state index contributed by atoms with van der Waals surface area (Å²) in [5, 5.41) is 9.96. The third-order valence-electron chi connectivity index (χ3n) is 9.59. The van der Waals surface area contributed by atoms with E-state index < -0.39 is 48.3 Å². The van der Waals surface area contributed by atoms with Crippen molar-refractivity contribution >= 4 is 49.7 Å². The van der Waals surface area contributed by atoms with Crippen LogP contribution in [0.1, 0.15) is 36.1 Å². The largest absolute Gasteiger partial charge is 0.489 e. The normalized spacial score (nSPS) is 25.3. The maximum atomic E-state index is 16.9. The van der Waals surface area contributed by atoms with Crippen molar-refractivity contribution in [3.8, 4) is 29.0 Å². The number of hydrogen-bond donors (Lipinski definition) is 0. The smallest absolute Gasteiger partial charge is 0.319 e. The maximum Gasteiger partial charge on any atom is 0.319 e. The molecule has 8 rings (SSSR count). The van der Waals surface area contributed by atoms with Gasteiger partial charge in [0.15, 0.2) is 11.6 Å². The van der Waals surface area contributed by atoms with Gasteiger partial charge in [0, 0.05) is 35.2 Å². The molecule has 3 atom stereocenters. The fourth-order valence-electron chi connectivity index (χ4n) is 7.63. The number of ether oxygens (including phenoxy) is 2. The van der Waals surface area contributed by atoms with Gasteiger partial charge in [-0.3, -0.25) is 4.90 Å². The molecule has 0 N–H and O–H groups in total. The summed E-state index contributed by atoms with van der Waals surface area (Å²) in [4.78, 5) is 12.9. The first-order valence-electron chi connectivity index (χ1n) is 14.6. The zero-order chi connectivity index (χ0) is 31.4. The molecule has 4 aliphatic rings. The van der Waals surface area contributed by atoms with Gasteiger partial charge in [0.05, 0.1) is 38.8 Å². The average Bonchev–Trinajstić information content (AvgIpc) is 3.69. The second-order valence-corrected chi connectivity index (χ2v) is 13.9. The summed E-state index contributed by atoms with van der Waals surface area (Å²) < 4.78 is 88.0. The number of benzene rings is 2. The number of anilines is 1. The van der Waals surface area contributed by atoms with Crippen LogP contribution in [0, 0.1) is 29.9 Å². The van der Waals surface area contributed by atoms with Crippen LogP contribution in [0.4, 0.5) is 27.8 Å². The Morgan fingerprint density at radius 1 is 1.22 bits per heavy atom. The molecule has 0 amide bonds. The Labute approximate surface area is 263 Å². The Bertz CT molecular complexity index is 1970. The van der Waals surface area contributed by atoms with Crippen molar-refractivity contribution in [2.75, 3.05) is 37.7 Å². The molecule has 0 saturated carbocycles. The first-order chi connectivity index (χ1) is 21.5. The van der Waals surface area contributed by atoms with E-state index in [0.29, 0.717) is 17.8 Å². The predicted molar refractivity (Wildman–Crippen MR) is 159 cm³/mol. The molecule has 0 spiro atoms. The number of thiophene rings is 1. The number of aromatic nitrogens is 2. The second-order valence-electron chi connectivity index (χ2n) is 12.3. The van der Waals surface area contributed by atoms with Gasteiger partial charge in [-0.2, -0.15) is 15.2 Å². The highest BCUT2D eigenvalue weighted by Gasteiger charge is 2.50. The second kappa shape index (κ2) is 10.0. The zero-order valence-corrected chi connectivity index (χ0v) is 25.5. The van der Waals surface area contributed by atoms with E-state index in [1.165, 1.54) is 17.0 Å². The fourth-order valence-corrected chi connectivity index (χ4v) is 9.00. The van der Waals surface area contributed by atoms with Crippen LogP contribution in [0.2, 0.25) is 5.02 Å². The summed E-state index contributed by atoms with van der Waals surface area (Å²) in [6, 6.07) is 3.58. The summed E-state index contributed by atoms with van der Waals surface area (Å²) in [5.74, 6) is -4.53. The van der Waals surface area contributed by atoms with Gasteiger partial charge in [0.1, 0.15) is 42.6 Å². The molecule has 0 radical (unpaired) electrons. The quantitative estimate of drug-likeness (QED) is 0.215. The lowest BCUT2D eigenvalue weighted by molar-refractivity contribution is 0.0205. The van der Waals surface area contributed by atoms with Crippen molar-refractivity contribution in [1.29, 1.82) is 5.26 Å². The van der Waals surface area contributed by atoms with Crippen LogP contribution in [-0.4, -0.2) is 71.4 Å². The highest BCUT2D eigenvalue weighted by atomic mass is 35.5. The van der Waals surface area contributed by atoms with Crippen molar-refractivity contribution in [2.24, 2.45) is 0 Å². The Hall–Kier alpha value is -3.47. The van der Waals surface area contributed by atoms with Crippen molar-refractivity contribution in [3.63, 3.8) is 0 Å². The van der Waals surface area contributed by atoms with E-state index in [4.69, 9.17) is 21.1 Å². The van der Waals surface area contributed by atoms with Crippen LogP contribution >= 0.6 is 22.9 Å². The van der Waals surface area contributed by atoms with Crippen molar-refractivity contribution in [2.45, 2.75) is 56.3 Å². The lowest BCUT2D eigenvalue weighted by Crippen LogP contribution is -2.43. The van der Waals surface area contributed by atoms with Gasteiger partial charge in [-0.05, 0) is 37.9 Å². The molecule has 2 aromatic carbocycles.